The zero-order valence-corrected chi connectivity index (χ0v) is 18.1. The highest BCUT2D eigenvalue weighted by Crippen LogP contribution is 2.29. The molecule has 0 fully saturated rings. The molecule has 4 rings (SSSR count). The van der Waals surface area contributed by atoms with Crippen LogP contribution >= 0.6 is 11.8 Å². The van der Waals surface area contributed by atoms with Crippen LogP contribution in [-0.4, -0.2) is 20.4 Å². The molecule has 2 aliphatic heterocycles. The standard InChI is InChI=1S/C24H20FN5OS/c1-2-21(23(31)27-19-7-4-3-6-17(19)14-26)30-13-5-8-20-22(30)29-24(28-20)32-15-16-9-11-18(25)12-10-16/h3-13,21H,2,15H2,1H3,(H,27,31). The number of nitriles is 1. The Bertz CT molecular complexity index is 1250. The maximum atomic E-state index is 13.1. The lowest BCUT2D eigenvalue weighted by Gasteiger charge is -2.21. The van der Waals surface area contributed by atoms with Crippen LogP contribution in [0.5, 0.6) is 0 Å². The van der Waals surface area contributed by atoms with Crippen molar-refractivity contribution in [2.45, 2.75) is 30.3 Å². The second kappa shape index (κ2) is 9.62. The number of benzene rings is 2. The molecule has 0 saturated heterocycles. The van der Waals surface area contributed by atoms with Gasteiger partial charge in [0.05, 0.1) is 11.3 Å². The van der Waals surface area contributed by atoms with Crippen LogP contribution in [0.4, 0.5) is 10.1 Å². The molecule has 1 atom stereocenters. The number of fused-ring (bicyclic) bond motifs is 1. The van der Waals surface area contributed by atoms with Crippen molar-refractivity contribution in [3.05, 3.63) is 83.8 Å². The van der Waals surface area contributed by atoms with Crippen LogP contribution in [0.15, 0.2) is 72.0 Å². The highest BCUT2D eigenvalue weighted by Gasteiger charge is 2.24. The van der Waals surface area contributed by atoms with Crippen molar-refractivity contribution in [1.82, 2.24) is 14.5 Å². The average Bonchev–Trinajstić information content (AvgIpc) is 3.23. The minimum atomic E-state index is -0.517. The van der Waals surface area contributed by atoms with Crippen molar-refractivity contribution >= 4 is 23.4 Å². The van der Waals surface area contributed by atoms with Gasteiger partial charge in [0.15, 0.2) is 11.0 Å². The number of hydrogen-bond donors (Lipinski definition) is 1. The second-order valence-corrected chi connectivity index (χ2v) is 8.06. The van der Waals surface area contributed by atoms with Gasteiger partial charge in [-0.15, -0.1) is 0 Å². The molecule has 2 aromatic rings. The summed E-state index contributed by atoms with van der Waals surface area (Å²) in [4.78, 5) is 22.3. The van der Waals surface area contributed by atoms with Crippen LogP contribution in [0, 0.1) is 17.1 Å². The Hall–Kier alpha value is -3.70. The Kier molecular flexibility index (Phi) is 6.47. The summed E-state index contributed by atoms with van der Waals surface area (Å²) in [6, 6.07) is 18.5. The van der Waals surface area contributed by atoms with E-state index in [4.69, 9.17) is 0 Å². The average molecular weight is 446 g/mol. The maximum Gasteiger partial charge on any atom is 0.247 e. The number of thioether (sulfide) groups is 1. The first-order chi connectivity index (χ1) is 15.6. The van der Waals surface area contributed by atoms with E-state index in [0.717, 1.165) is 5.56 Å². The van der Waals surface area contributed by atoms with E-state index < -0.39 is 6.04 Å². The third kappa shape index (κ3) is 4.63. The SMILES string of the molecule is CCC(C(=O)Nc1ccccc1C#N)n1cccc2nc(SCc3ccc(F)cc3)nc1-2. The molecular formula is C24H20FN5OS. The molecule has 0 aliphatic carbocycles. The van der Waals surface area contributed by atoms with Crippen molar-refractivity contribution < 1.29 is 9.18 Å². The number of nitrogens with one attached hydrogen (secondary N) is 1. The molecule has 2 heterocycles. The predicted molar refractivity (Wildman–Crippen MR) is 122 cm³/mol. The topological polar surface area (TPSA) is 83.6 Å². The Morgan fingerprint density at radius 3 is 2.69 bits per heavy atom. The molecule has 32 heavy (non-hydrogen) atoms. The second-order valence-electron chi connectivity index (χ2n) is 7.12. The number of hydrogen-bond acceptors (Lipinski definition) is 5. The molecule has 0 saturated carbocycles. The van der Waals surface area contributed by atoms with Gasteiger partial charge in [-0.05, 0) is 48.4 Å². The molecule has 8 heteroatoms. The fraction of sp³-hybridized carbons (Fsp3) is 0.167. The molecule has 1 N–H and O–H groups in total. The molecule has 1 unspecified atom stereocenters. The van der Waals surface area contributed by atoms with Crippen LogP contribution in [-0.2, 0) is 10.5 Å². The van der Waals surface area contributed by atoms with Crippen LogP contribution in [0.25, 0.3) is 11.5 Å². The third-order valence-corrected chi connectivity index (χ3v) is 5.92. The lowest BCUT2D eigenvalue weighted by atomic mass is 10.1. The van der Waals surface area contributed by atoms with Gasteiger partial charge in [-0.3, -0.25) is 4.79 Å². The van der Waals surface area contributed by atoms with Gasteiger partial charge in [-0.2, -0.15) is 5.26 Å². The predicted octanol–water partition coefficient (Wildman–Crippen LogP) is 5.28. The van der Waals surface area contributed by atoms with Gasteiger partial charge in [-0.1, -0.05) is 43.0 Å². The monoisotopic (exact) mass is 445 g/mol. The molecule has 2 aromatic carbocycles. The van der Waals surface area contributed by atoms with E-state index in [1.165, 1.54) is 23.9 Å². The number of para-hydroxylation sites is 1. The smallest absolute Gasteiger partial charge is 0.247 e. The molecule has 0 bridgehead atoms. The number of carbonyl (C=O) groups excluding carboxylic acids is 1. The van der Waals surface area contributed by atoms with E-state index in [2.05, 4.69) is 21.4 Å². The van der Waals surface area contributed by atoms with Crippen LogP contribution in [0.1, 0.15) is 30.5 Å². The molecule has 6 nitrogen and oxygen atoms in total. The Morgan fingerprint density at radius 1 is 1.16 bits per heavy atom. The summed E-state index contributed by atoms with van der Waals surface area (Å²) in [5.41, 5.74) is 2.56. The quantitative estimate of drug-likeness (QED) is 0.392. The van der Waals surface area contributed by atoms with Gasteiger partial charge >= 0.3 is 0 Å². The van der Waals surface area contributed by atoms with E-state index in [1.807, 2.05) is 29.8 Å². The van der Waals surface area contributed by atoms with E-state index >= 15 is 0 Å². The van der Waals surface area contributed by atoms with E-state index in [-0.39, 0.29) is 11.7 Å². The number of amides is 1. The van der Waals surface area contributed by atoms with Gasteiger partial charge in [0, 0.05) is 11.9 Å². The number of imidazole rings is 1. The molecule has 160 valence electrons. The first-order valence-corrected chi connectivity index (χ1v) is 11.1. The lowest BCUT2D eigenvalue weighted by molar-refractivity contribution is -0.119. The highest BCUT2D eigenvalue weighted by atomic mass is 32.2. The highest BCUT2D eigenvalue weighted by molar-refractivity contribution is 7.98. The molecule has 0 spiro atoms. The third-order valence-electron chi connectivity index (χ3n) is 5.00. The minimum Gasteiger partial charge on any atom is -0.323 e. The van der Waals surface area contributed by atoms with Gasteiger partial charge < -0.3 is 9.88 Å². The van der Waals surface area contributed by atoms with E-state index in [0.29, 0.717) is 40.1 Å². The summed E-state index contributed by atoms with van der Waals surface area (Å²) in [6.07, 6.45) is 2.35. The Labute approximate surface area is 189 Å². The molecule has 0 radical (unpaired) electrons. The summed E-state index contributed by atoms with van der Waals surface area (Å²) in [5, 5.41) is 12.7. The number of aromatic nitrogens is 3. The fourth-order valence-electron chi connectivity index (χ4n) is 3.38. The normalized spacial score (nSPS) is 11.8. The number of halogens is 1. The number of rotatable bonds is 7. The van der Waals surface area contributed by atoms with Crippen molar-refractivity contribution in [1.29, 1.82) is 5.26 Å². The summed E-state index contributed by atoms with van der Waals surface area (Å²) in [6.45, 7) is 1.92. The summed E-state index contributed by atoms with van der Waals surface area (Å²) < 4.78 is 14.9. The molecule has 1 amide bonds. The largest absolute Gasteiger partial charge is 0.323 e. The van der Waals surface area contributed by atoms with Crippen molar-refractivity contribution in [3.8, 4) is 17.6 Å². The van der Waals surface area contributed by atoms with Crippen LogP contribution < -0.4 is 5.32 Å². The van der Waals surface area contributed by atoms with Crippen molar-refractivity contribution in [2.24, 2.45) is 0 Å². The summed E-state index contributed by atoms with van der Waals surface area (Å²) >= 11 is 1.45. The number of carbonyl (C=O) groups is 1. The Balaban J connectivity index is 1.56. The molecule has 2 aliphatic rings. The molecule has 0 aromatic heterocycles. The lowest BCUT2D eigenvalue weighted by Crippen LogP contribution is -2.27. The first kappa shape index (κ1) is 21.5. The summed E-state index contributed by atoms with van der Waals surface area (Å²) in [7, 11) is 0. The minimum absolute atomic E-state index is 0.226. The van der Waals surface area contributed by atoms with Crippen LogP contribution in [0.3, 0.4) is 0 Å². The van der Waals surface area contributed by atoms with E-state index in [9.17, 15) is 14.4 Å². The van der Waals surface area contributed by atoms with Gasteiger partial charge in [0.25, 0.3) is 0 Å². The van der Waals surface area contributed by atoms with Crippen molar-refractivity contribution in [2.75, 3.05) is 5.32 Å². The number of nitrogens with zero attached hydrogens (tertiary/aromatic N) is 4. The van der Waals surface area contributed by atoms with Gasteiger partial charge in [0.2, 0.25) is 5.91 Å². The van der Waals surface area contributed by atoms with Crippen LogP contribution in [0.2, 0.25) is 0 Å². The summed E-state index contributed by atoms with van der Waals surface area (Å²) in [5.74, 6) is 0.733. The van der Waals surface area contributed by atoms with Gasteiger partial charge in [0.1, 0.15) is 23.6 Å². The Morgan fingerprint density at radius 2 is 1.94 bits per heavy atom. The molecular weight excluding hydrogens is 425 g/mol. The van der Waals surface area contributed by atoms with Crippen molar-refractivity contribution in [3.63, 3.8) is 0 Å². The zero-order chi connectivity index (χ0) is 22.5. The number of anilines is 1. The zero-order valence-electron chi connectivity index (χ0n) is 17.3. The number of pyridine rings is 1. The van der Waals surface area contributed by atoms with E-state index in [1.54, 1.807) is 36.4 Å². The first-order valence-electron chi connectivity index (χ1n) is 10.1. The van der Waals surface area contributed by atoms with Gasteiger partial charge in [-0.25, -0.2) is 14.4 Å². The fourth-order valence-corrected chi connectivity index (χ4v) is 4.19. The maximum absolute atomic E-state index is 13.1.